The van der Waals surface area contributed by atoms with Crippen LogP contribution >= 0.6 is 11.6 Å². The van der Waals surface area contributed by atoms with Crippen LogP contribution in [0, 0.1) is 5.82 Å². The number of nitrogens with one attached hydrogen (secondary N) is 2. The van der Waals surface area contributed by atoms with Gasteiger partial charge in [0.05, 0.1) is 30.6 Å². The van der Waals surface area contributed by atoms with Gasteiger partial charge in [-0.1, -0.05) is 23.7 Å². The number of hydrogen-bond donors (Lipinski definition) is 2. The van der Waals surface area contributed by atoms with E-state index in [0.29, 0.717) is 36.2 Å². The first-order chi connectivity index (χ1) is 13.1. The lowest BCUT2D eigenvalue weighted by molar-refractivity contribution is 0.311. The molecule has 5 nitrogen and oxygen atoms in total. The monoisotopic (exact) mass is 389 g/mol. The van der Waals surface area contributed by atoms with Crippen molar-refractivity contribution in [2.75, 3.05) is 13.7 Å². The van der Waals surface area contributed by atoms with E-state index in [1.54, 1.807) is 19.4 Å². The van der Waals surface area contributed by atoms with Crippen molar-refractivity contribution in [3.8, 4) is 22.8 Å². The minimum absolute atomic E-state index is 0.280. The third-order valence-corrected chi connectivity index (χ3v) is 4.33. The number of aromatic amines is 1. The van der Waals surface area contributed by atoms with Crippen LogP contribution in [0.4, 0.5) is 4.39 Å². The van der Waals surface area contributed by atoms with Crippen molar-refractivity contribution in [2.24, 2.45) is 0 Å². The van der Waals surface area contributed by atoms with Crippen molar-refractivity contribution in [3.05, 3.63) is 64.6 Å². The summed E-state index contributed by atoms with van der Waals surface area (Å²) in [6.45, 7) is 3.55. The van der Waals surface area contributed by atoms with Crippen molar-refractivity contribution in [1.82, 2.24) is 15.5 Å². The van der Waals surface area contributed by atoms with Crippen LogP contribution in [0.25, 0.3) is 11.3 Å². The minimum atomic E-state index is -0.280. The Hall–Kier alpha value is -2.57. The van der Waals surface area contributed by atoms with E-state index in [1.807, 2.05) is 25.1 Å². The molecule has 7 heteroatoms. The fraction of sp³-hybridized carbons (Fsp3) is 0.250. The van der Waals surface area contributed by atoms with Gasteiger partial charge in [-0.25, -0.2) is 4.39 Å². The molecule has 1 aromatic heterocycles. The van der Waals surface area contributed by atoms with E-state index in [-0.39, 0.29) is 5.82 Å². The average molecular weight is 390 g/mol. The fourth-order valence-electron chi connectivity index (χ4n) is 2.84. The highest BCUT2D eigenvalue weighted by Crippen LogP contribution is 2.36. The van der Waals surface area contributed by atoms with Gasteiger partial charge in [0.25, 0.3) is 0 Å². The van der Waals surface area contributed by atoms with E-state index in [2.05, 4.69) is 15.5 Å². The van der Waals surface area contributed by atoms with Crippen LogP contribution in [-0.4, -0.2) is 23.9 Å². The SMILES string of the molecule is CCOc1c(Cl)cc(CNCc2cn[nH]c2-c2cccc(F)c2)cc1OC. The van der Waals surface area contributed by atoms with Gasteiger partial charge in [-0.3, -0.25) is 5.10 Å². The Morgan fingerprint density at radius 1 is 1.22 bits per heavy atom. The molecule has 0 aliphatic rings. The van der Waals surface area contributed by atoms with Crippen molar-refractivity contribution < 1.29 is 13.9 Å². The molecular weight excluding hydrogens is 369 g/mol. The van der Waals surface area contributed by atoms with E-state index in [9.17, 15) is 4.39 Å². The van der Waals surface area contributed by atoms with Gasteiger partial charge < -0.3 is 14.8 Å². The first-order valence-electron chi connectivity index (χ1n) is 8.60. The molecule has 0 bridgehead atoms. The van der Waals surface area contributed by atoms with Gasteiger partial charge in [-0.2, -0.15) is 5.10 Å². The van der Waals surface area contributed by atoms with Gasteiger partial charge >= 0.3 is 0 Å². The zero-order valence-electron chi connectivity index (χ0n) is 15.2. The van der Waals surface area contributed by atoms with E-state index in [4.69, 9.17) is 21.1 Å². The maximum atomic E-state index is 13.5. The number of methoxy groups -OCH3 is 1. The van der Waals surface area contributed by atoms with E-state index in [1.165, 1.54) is 12.1 Å². The molecule has 142 valence electrons. The maximum absolute atomic E-state index is 13.5. The van der Waals surface area contributed by atoms with Crippen molar-refractivity contribution in [3.63, 3.8) is 0 Å². The quantitative estimate of drug-likeness (QED) is 0.592. The smallest absolute Gasteiger partial charge is 0.179 e. The van der Waals surface area contributed by atoms with Gasteiger partial charge in [-0.05, 0) is 36.8 Å². The van der Waals surface area contributed by atoms with Crippen LogP contribution in [0.2, 0.25) is 5.02 Å². The molecule has 27 heavy (non-hydrogen) atoms. The number of hydrogen-bond acceptors (Lipinski definition) is 4. The molecular formula is C20H21ClFN3O2. The second-order valence-electron chi connectivity index (χ2n) is 5.93. The predicted octanol–water partition coefficient (Wildman–Crippen LogP) is 4.57. The molecule has 0 spiro atoms. The summed E-state index contributed by atoms with van der Waals surface area (Å²) in [7, 11) is 1.59. The Bertz CT molecular complexity index is 914. The molecule has 0 unspecified atom stereocenters. The highest BCUT2D eigenvalue weighted by Gasteiger charge is 2.12. The van der Waals surface area contributed by atoms with Crippen LogP contribution in [-0.2, 0) is 13.1 Å². The summed E-state index contributed by atoms with van der Waals surface area (Å²) in [5.41, 5.74) is 3.47. The summed E-state index contributed by atoms with van der Waals surface area (Å²) < 4.78 is 24.4. The molecule has 0 fully saturated rings. The normalized spacial score (nSPS) is 10.8. The average Bonchev–Trinajstić information content (AvgIpc) is 3.12. The first-order valence-corrected chi connectivity index (χ1v) is 8.98. The van der Waals surface area contributed by atoms with Crippen LogP contribution < -0.4 is 14.8 Å². The zero-order valence-corrected chi connectivity index (χ0v) is 15.9. The fourth-order valence-corrected chi connectivity index (χ4v) is 3.13. The molecule has 0 aliphatic carbocycles. The number of aromatic nitrogens is 2. The largest absolute Gasteiger partial charge is 0.493 e. The van der Waals surface area contributed by atoms with Gasteiger partial charge in [0.1, 0.15) is 5.82 Å². The Kier molecular flexibility index (Phi) is 6.32. The van der Waals surface area contributed by atoms with Crippen LogP contribution in [0.3, 0.4) is 0 Å². The molecule has 0 aliphatic heterocycles. The summed E-state index contributed by atoms with van der Waals surface area (Å²) in [6.07, 6.45) is 1.74. The van der Waals surface area contributed by atoms with Gasteiger partial charge in [-0.15, -0.1) is 0 Å². The second-order valence-corrected chi connectivity index (χ2v) is 6.33. The van der Waals surface area contributed by atoms with Crippen molar-refractivity contribution in [2.45, 2.75) is 20.0 Å². The van der Waals surface area contributed by atoms with E-state index >= 15 is 0 Å². The number of halogens is 2. The number of nitrogens with zero attached hydrogens (tertiary/aromatic N) is 1. The molecule has 0 atom stereocenters. The molecule has 0 saturated carbocycles. The molecule has 3 rings (SSSR count). The number of H-pyrrole nitrogens is 1. The Labute approximate surface area is 162 Å². The zero-order chi connectivity index (χ0) is 19.2. The molecule has 2 aromatic carbocycles. The van der Waals surface area contributed by atoms with Crippen LogP contribution in [0.1, 0.15) is 18.1 Å². The highest BCUT2D eigenvalue weighted by molar-refractivity contribution is 6.32. The Morgan fingerprint density at radius 3 is 2.81 bits per heavy atom. The Morgan fingerprint density at radius 2 is 2.07 bits per heavy atom. The first kappa shape index (κ1) is 19.2. The number of rotatable bonds is 8. The lowest BCUT2D eigenvalue weighted by atomic mass is 10.1. The lowest BCUT2D eigenvalue weighted by Gasteiger charge is -2.13. The Balaban J connectivity index is 1.69. The molecule has 0 amide bonds. The molecule has 0 saturated heterocycles. The minimum Gasteiger partial charge on any atom is -0.493 e. The van der Waals surface area contributed by atoms with Gasteiger partial charge in [0.2, 0.25) is 0 Å². The summed E-state index contributed by atoms with van der Waals surface area (Å²) in [5, 5.41) is 10.9. The summed E-state index contributed by atoms with van der Waals surface area (Å²) >= 11 is 6.31. The number of benzene rings is 2. The van der Waals surface area contributed by atoms with Gasteiger partial charge in [0.15, 0.2) is 11.5 Å². The van der Waals surface area contributed by atoms with E-state index in [0.717, 1.165) is 22.4 Å². The summed E-state index contributed by atoms with van der Waals surface area (Å²) in [4.78, 5) is 0. The van der Waals surface area contributed by atoms with Crippen LogP contribution in [0.15, 0.2) is 42.6 Å². The number of ether oxygens (including phenoxy) is 2. The lowest BCUT2D eigenvalue weighted by Crippen LogP contribution is -2.13. The summed E-state index contributed by atoms with van der Waals surface area (Å²) in [6, 6.07) is 10.2. The third-order valence-electron chi connectivity index (χ3n) is 4.05. The predicted molar refractivity (Wildman–Crippen MR) is 104 cm³/mol. The van der Waals surface area contributed by atoms with Crippen molar-refractivity contribution >= 4 is 11.6 Å². The topological polar surface area (TPSA) is 59.2 Å². The highest BCUT2D eigenvalue weighted by atomic mass is 35.5. The maximum Gasteiger partial charge on any atom is 0.179 e. The van der Waals surface area contributed by atoms with Crippen molar-refractivity contribution in [1.29, 1.82) is 0 Å². The molecule has 2 N–H and O–H groups in total. The standard InChI is InChI=1S/C20H21ClFN3O2/c1-3-27-20-17(21)7-13(8-18(20)26-2)10-23-11-15-12-24-25-19(15)14-5-4-6-16(22)9-14/h4-9,12,23H,3,10-11H2,1-2H3,(H,24,25). The summed E-state index contributed by atoms with van der Waals surface area (Å²) in [5.74, 6) is 0.871. The molecule has 0 radical (unpaired) electrons. The third kappa shape index (κ3) is 4.59. The molecule has 3 aromatic rings. The second kappa shape index (κ2) is 8.88. The van der Waals surface area contributed by atoms with Crippen LogP contribution in [0.5, 0.6) is 11.5 Å². The molecule has 1 heterocycles. The van der Waals surface area contributed by atoms with Gasteiger partial charge in [0, 0.05) is 24.2 Å². The van der Waals surface area contributed by atoms with E-state index < -0.39 is 0 Å².